The summed E-state index contributed by atoms with van der Waals surface area (Å²) < 4.78 is 14.7. The molecule has 2 aromatic rings. The van der Waals surface area contributed by atoms with E-state index in [1.165, 1.54) is 17.5 Å². The number of nitrogens with two attached hydrogens (primary N) is 1. The van der Waals surface area contributed by atoms with Crippen molar-refractivity contribution in [2.75, 3.05) is 0 Å². The Morgan fingerprint density at radius 3 is 2.75 bits per heavy atom. The second kappa shape index (κ2) is 5.64. The first kappa shape index (κ1) is 13.7. The predicted octanol–water partition coefficient (Wildman–Crippen LogP) is 3.63. The summed E-state index contributed by atoms with van der Waals surface area (Å²) in [6.45, 7) is 0. The number of rotatable bonds is 3. The molecule has 20 heavy (non-hydrogen) atoms. The number of benzene rings is 2. The third-order valence-corrected chi connectivity index (χ3v) is 4.53. The minimum atomic E-state index is -0.335. The van der Waals surface area contributed by atoms with Gasteiger partial charge in [-0.3, -0.25) is 5.84 Å². The molecule has 0 fully saturated rings. The van der Waals surface area contributed by atoms with E-state index in [0.717, 1.165) is 18.4 Å². The van der Waals surface area contributed by atoms with Crippen LogP contribution in [0.1, 0.15) is 34.7 Å². The zero-order chi connectivity index (χ0) is 14.1. The highest BCUT2D eigenvalue weighted by molar-refractivity contribution is 9.10. The molecule has 3 rings (SSSR count). The monoisotopic (exact) mass is 334 g/mol. The fourth-order valence-electron chi connectivity index (χ4n) is 2.88. The highest BCUT2D eigenvalue weighted by Crippen LogP contribution is 2.31. The van der Waals surface area contributed by atoms with Crippen LogP contribution < -0.4 is 11.3 Å². The number of hydrogen-bond acceptors (Lipinski definition) is 2. The Balaban J connectivity index is 2.03. The molecule has 0 radical (unpaired) electrons. The van der Waals surface area contributed by atoms with E-state index in [2.05, 4.69) is 33.5 Å². The average Bonchev–Trinajstić information content (AvgIpc) is 2.92. The van der Waals surface area contributed by atoms with Crippen molar-refractivity contribution in [1.82, 2.24) is 5.43 Å². The summed E-state index contributed by atoms with van der Waals surface area (Å²) in [7, 11) is 0. The Morgan fingerprint density at radius 2 is 1.95 bits per heavy atom. The zero-order valence-electron chi connectivity index (χ0n) is 11.0. The first-order valence-electron chi connectivity index (χ1n) is 6.72. The molecular formula is C16H16BrFN2. The van der Waals surface area contributed by atoms with Crippen molar-refractivity contribution >= 4 is 15.9 Å². The van der Waals surface area contributed by atoms with Gasteiger partial charge in [0.1, 0.15) is 5.82 Å². The lowest BCUT2D eigenvalue weighted by atomic mass is 9.96. The first-order chi connectivity index (χ1) is 9.70. The molecule has 0 spiro atoms. The minimum absolute atomic E-state index is 0.268. The van der Waals surface area contributed by atoms with Crippen LogP contribution in [0.2, 0.25) is 0 Å². The predicted molar refractivity (Wildman–Crippen MR) is 81.7 cm³/mol. The molecule has 4 heteroatoms. The molecule has 2 aromatic carbocycles. The van der Waals surface area contributed by atoms with E-state index in [1.807, 2.05) is 12.1 Å². The van der Waals surface area contributed by atoms with Crippen LogP contribution in [-0.4, -0.2) is 0 Å². The minimum Gasteiger partial charge on any atom is -0.271 e. The summed E-state index contributed by atoms with van der Waals surface area (Å²) in [5.74, 6) is 5.40. The number of fused-ring (bicyclic) bond motifs is 1. The number of nitrogens with one attached hydrogen (secondary N) is 1. The summed E-state index contributed by atoms with van der Waals surface area (Å²) >= 11 is 3.22. The van der Waals surface area contributed by atoms with Crippen LogP contribution >= 0.6 is 15.9 Å². The molecular weight excluding hydrogens is 319 g/mol. The smallest absolute Gasteiger partial charge is 0.142 e. The van der Waals surface area contributed by atoms with Crippen molar-refractivity contribution in [1.29, 1.82) is 0 Å². The molecule has 104 valence electrons. The highest BCUT2D eigenvalue weighted by Gasteiger charge is 2.20. The van der Waals surface area contributed by atoms with Gasteiger partial charge in [-0.25, -0.2) is 9.82 Å². The van der Waals surface area contributed by atoms with Gasteiger partial charge in [0.2, 0.25) is 0 Å². The van der Waals surface area contributed by atoms with Gasteiger partial charge in [-0.2, -0.15) is 0 Å². The lowest BCUT2D eigenvalue weighted by molar-refractivity contribution is 0.555. The van der Waals surface area contributed by atoms with Crippen molar-refractivity contribution in [3.8, 4) is 0 Å². The number of hydrazine groups is 1. The summed E-state index contributed by atoms with van der Waals surface area (Å²) in [6, 6.07) is 11.3. The maximum Gasteiger partial charge on any atom is 0.142 e. The fraction of sp³-hybridized carbons (Fsp3) is 0.250. The van der Waals surface area contributed by atoms with Gasteiger partial charge >= 0.3 is 0 Å². The molecule has 0 aromatic heterocycles. The van der Waals surface area contributed by atoms with Crippen molar-refractivity contribution in [3.05, 3.63) is 68.9 Å². The van der Waals surface area contributed by atoms with Crippen LogP contribution in [0.25, 0.3) is 0 Å². The molecule has 0 heterocycles. The molecule has 0 saturated carbocycles. The van der Waals surface area contributed by atoms with Gasteiger partial charge in [-0.1, -0.05) is 30.3 Å². The van der Waals surface area contributed by atoms with Crippen LogP contribution in [0.4, 0.5) is 4.39 Å². The van der Waals surface area contributed by atoms with Crippen LogP contribution in [0.5, 0.6) is 0 Å². The normalized spacial score (nSPS) is 15.2. The molecule has 0 saturated heterocycles. The van der Waals surface area contributed by atoms with Gasteiger partial charge < -0.3 is 0 Å². The quantitative estimate of drug-likeness (QED) is 0.664. The van der Waals surface area contributed by atoms with Crippen LogP contribution in [0.3, 0.4) is 0 Å². The lowest BCUT2D eigenvalue weighted by Gasteiger charge is -2.19. The third kappa shape index (κ3) is 2.39. The Morgan fingerprint density at radius 1 is 1.15 bits per heavy atom. The van der Waals surface area contributed by atoms with Crippen molar-refractivity contribution in [2.45, 2.75) is 25.3 Å². The van der Waals surface area contributed by atoms with Crippen molar-refractivity contribution in [2.24, 2.45) is 5.84 Å². The molecule has 0 bridgehead atoms. The maximum absolute atomic E-state index is 14.3. The largest absolute Gasteiger partial charge is 0.271 e. The first-order valence-corrected chi connectivity index (χ1v) is 7.51. The molecule has 1 aliphatic rings. The van der Waals surface area contributed by atoms with E-state index < -0.39 is 0 Å². The fourth-order valence-corrected chi connectivity index (χ4v) is 3.26. The lowest BCUT2D eigenvalue weighted by Crippen LogP contribution is -2.29. The summed E-state index contributed by atoms with van der Waals surface area (Å²) in [5.41, 5.74) is 7.05. The van der Waals surface area contributed by atoms with Gasteiger partial charge in [0.15, 0.2) is 0 Å². The van der Waals surface area contributed by atoms with E-state index in [-0.39, 0.29) is 11.9 Å². The summed E-state index contributed by atoms with van der Waals surface area (Å²) in [5, 5.41) is 0. The van der Waals surface area contributed by atoms with Gasteiger partial charge in [0, 0.05) is 5.56 Å². The standard InChI is InChI=1S/C16H16BrFN2/c17-14-6-2-5-13(15(14)18)16(20-19)12-8-7-10-3-1-4-11(10)9-12/h2,5-9,16,20H,1,3-4,19H2. The van der Waals surface area contributed by atoms with E-state index >= 15 is 0 Å². The Kier molecular flexibility index (Phi) is 3.87. The topological polar surface area (TPSA) is 38.0 Å². The number of aryl methyl sites for hydroxylation is 2. The van der Waals surface area contributed by atoms with E-state index in [9.17, 15) is 4.39 Å². The summed E-state index contributed by atoms with van der Waals surface area (Å²) in [6.07, 6.45) is 3.44. The second-order valence-electron chi connectivity index (χ2n) is 5.12. The number of hydrogen-bond donors (Lipinski definition) is 2. The molecule has 0 aliphatic heterocycles. The average molecular weight is 335 g/mol. The van der Waals surface area contributed by atoms with Gasteiger partial charge in [0.05, 0.1) is 10.5 Å². The summed E-state index contributed by atoms with van der Waals surface area (Å²) in [4.78, 5) is 0. The van der Waals surface area contributed by atoms with Crippen LogP contribution in [0, 0.1) is 5.82 Å². The maximum atomic E-state index is 14.3. The molecule has 1 unspecified atom stereocenters. The molecule has 0 amide bonds. The molecule has 1 aliphatic carbocycles. The Labute approximate surface area is 126 Å². The van der Waals surface area contributed by atoms with Crippen LogP contribution in [0.15, 0.2) is 40.9 Å². The molecule has 3 N–H and O–H groups in total. The third-order valence-electron chi connectivity index (χ3n) is 3.92. The van der Waals surface area contributed by atoms with Crippen molar-refractivity contribution in [3.63, 3.8) is 0 Å². The second-order valence-corrected chi connectivity index (χ2v) is 5.98. The van der Waals surface area contributed by atoms with Gasteiger partial charge in [0.25, 0.3) is 0 Å². The Hall–Kier alpha value is -1.23. The van der Waals surface area contributed by atoms with Gasteiger partial charge in [-0.05, 0) is 57.9 Å². The SMILES string of the molecule is NNC(c1ccc2c(c1)CCC2)c1cccc(Br)c1F. The molecule has 1 atom stereocenters. The Bertz CT molecular complexity index is 642. The van der Waals surface area contributed by atoms with E-state index in [4.69, 9.17) is 5.84 Å². The van der Waals surface area contributed by atoms with Gasteiger partial charge in [-0.15, -0.1) is 0 Å². The van der Waals surface area contributed by atoms with E-state index in [0.29, 0.717) is 10.0 Å². The van der Waals surface area contributed by atoms with Crippen LogP contribution in [-0.2, 0) is 12.8 Å². The van der Waals surface area contributed by atoms with E-state index in [1.54, 1.807) is 12.1 Å². The highest BCUT2D eigenvalue weighted by atomic mass is 79.9. The molecule has 2 nitrogen and oxygen atoms in total. The zero-order valence-corrected chi connectivity index (χ0v) is 12.6. The number of halogens is 2. The van der Waals surface area contributed by atoms with Crippen molar-refractivity contribution < 1.29 is 4.39 Å².